The minimum Gasteiger partial charge on any atom is -0.444 e. The maximum absolute atomic E-state index is 12.5. The molecule has 3 heteroatoms. The molecule has 2 rings (SSSR count). The average Bonchev–Trinajstić information content (AvgIpc) is 2.37. The Labute approximate surface area is 127 Å². The molecule has 114 valence electrons. The fourth-order valence-corrected chi connectivity index (χ4v) is 2.42. The summed E-state index contributed by atoms with van der Waals surface area (Å²) >= 11 is 0. The number of carbonyl (C=O) groups is 1. The van der Waals surface area contributed by atoms with Gasteiger partial charge >= 0.3 is 6.09 Å². The molecule has 1 aromatic carbocycles. The van der Waals surface area contributed by atoms with Gasteiger partial charge in [-0.1, -0.05) is 36.4 Å². The molecule has 1 heterocycles. The number of carbonyl (C=O) groups excluding carboxylic acids is 1. The van der Waals surface area contributed by atoms with E-state index in [2.05, 4.69) is 32.1 Å². The number of benzene rings is 1. The molecule has 0 N–H and O–H groups in total. The van der Waals surface area contributed by atoms with Crippen LogP contribution in [0.25, 0.3) is 5.57 Å². The molecule has 1 amide bonds. The van der Waals surface area contributed by atoms with Crippen LogP contribution in [0.2, 0.25) is 0 Å². The summed E-state index contributed by atoms with van der Waals surface area (Å²) in [5.41, 5.74) is 1.66. The van der Waals surface area contributed by atoms with Crippen molar-refractivity contribution < 1.29 is 9.53 Å². The molecule has 1 aromatic rings. The summed E-state index contributed by atoms with van der Waals surface area (Å²) in [7, 11) is 0. The van der Waals surface area contributed by atoms with Crippen molar-refractivity contribution in [3.8, 4) is 0 Å². The lowest BCUT2D eigenvalue weighted by atomic mass is 9.89. The first-order valence-corrected chi connectivity index (χ1v) is 7.44. The first-order valence-electron chi connectivity index (χ1n) is 7.44. The molecular weight excluding hydrogens is 262 g/mol. The highest BCUT2D eigenvalue weighted by Gasteiger charge is 2.36. The quantitative estimate of drug-likeness (QED) is 0.761. The molecule has 0 unspecified atom stereocenters. The minimum atomic E-state index is -0.471. The van der Waals surface area contributed by atoms with Gasteiger partial charge in [-0.25, -0.2) is 4.79 Å². The number of hydrogen-bond acceptors (Lipinski definition) is 2. The predicted octanol–water partition coefficient (Wildman–Crippen LogP) is 4.49. The van der Waals surface area contributed by atoms with E-state index in [-0.39, 0.29) is 11.6 Å². The minimum absolute atomic E-state index is 0.222. The standard InChI is InChI=1S/C18H25NO2/c1-17(2,3)21-16(20)19-13-15(11-12-18(19,4)5)14-9-7-6-8-10-14/h6-11H,12-13H2,1-5H3. The predicted molar refractivity (Wildman–Crippen MR) is 86.1 cm³/mol. The highest BCUT2D eigenvalue weighted by Crippen LogP contribution is 2.32. The first-order chi connectivity index (χ1) is 9.69. The van der Waals surface area contributed by atoms with Gasteiger partial charge in [-0.15, -0.1) is 0 Å². The molecule has 0 aliphatic carbocycles. The smallest absolute Gasteiger partial charge is 0.411 e. The van der Waals surface area contributed by atoms with Gasteiger partial charge in [-0.3, -0.25) is 4.90 Å². The largest absolute Gasteiger partial charge is 0.444 e. The third kappa shape index (κ3) is 3.87. The van der Waals surface area contributed by atoms with E-state index in [1.807, 2.05) is 43.9 Å². The van der Waals surface area contributed by atoms with Crippen LogP contribution in [-0.4, -0.2) is 28.7 Å². The van der Waals surface area contributed by atoms with Crippen LogP contribution in [0, 0.1) is 0 Å². The van der Waals surface area contributed by atoms with E-state index in [9.17, 15) is 4.79 Å². The second-order valence-corrected chi connectivity index (χ2v) is 7.18. The second kappa shape index (κ2) is 5.55. The number of amides is 1. The second-order valence-electron chi connectivity index (χ2n) is 7.18. The lowest BCUT2D eigenvalue weighted by Crippen LogP contribution is -2.51. The lowest BCUT2D eigenvalue weighted by Gasteiger charge is -2.42. The summed E-state index contributed by atoms with van der Waals surface area (Å²) in [4.78, 5) is 14.3. The van der Waals surface area contributed by atoms with Gasteiger partial charge < -0.3 is 4.74 Å². The molecule has 0 spiro atoms. The Morgan fingerprint density at radius 2 is 1.81 bits per heavy atom. The highest BCUT2D eigenvalue weighted by molar-refractivity contribution is 5.76. The van der Waals surface area contributed by atoms with Crippen molar-refractivity contribution in [2.75, 3.05) is 6.54 Å². The summed E-state index contributed by atoms with van der Waals surface area (Å²) < 4.78 is 5.56. The highest BCUT2D eigenvalue weighted by atomic mass is 16.6. The zero-order chi connectivity index (χ0) is 15.7. The fraction of sp³-hybridized carbons (Fsp3) is 0.500. The molecular formula is C18H25NO2. The van der Waals surface area contributed by atoms with Gasteiger partial charge in [0, 0.05) is 12.1 Å². The first kappa shape index (κ1) is 15.6. The van der Waals surface area contributed by atoms with Gasteiger partial charge in [0.25, 0.3) is 0 Å². The number of rotatable bonds is 1. The molecule has 0 aromatic heterocycles. The van der Waals surface area contributed by atoms with Crippen molar-refractivity contribution in [1.82, 2.24) is 4.90 Å². The van der Waals surface area contributed by atoms with Gasteiger partial charge in [0.2, 0.25) is 0 Å². The Morgan fingerprint density at radius 1 is 1.19 bits per heavy atom. The topological polar surface area (TPSA) is 29.5 Å². The Bertz CT molecular complexity index is 538. The summed E-state index contributed by atoms with van der Waals surface area (Å²) in [5, 5.41) is 0. The normalized spacial score (nSPS) is 18.1. The monoisotopic (exact) mass is 287 g/mol. The molecule has 3 nitrogen and oxygen atoms in total. The van der Waals surface area contributed by atoms with Crippen LogP contribution in [0.1, 0.15) is 46.6 Å². The van der Waals surface area contributed by atoms with E-state index >= 15 is 0 Å². The molecule has 0 atom stereocenters. The number of hydrogen-bond donors (Lipinski definition) is 0. The summed E-state index contributed by atoms with van der Waals surface area (Å²) in [6, 6.07) is 10.2. The van der Waals surface area contributed by atoms with Gasteiger partial charge in [0.1, 0.15) is 5.60 Å². The SMILES string of the molecule is CC(C)(C)OC(=O)N1CC(c2ccccc2)=CCC1(C)C. The Hall–Kier alpha value is -1.77. The fourth-order valence-electron chi connectivity index (χ4n) is 2.42. The maximum Gasteiger partial charge on any atom is 0.411 e. The Kier molecular flexibility index (Phi) is 4.13. The summed E-state index contributed by atoms with van der Waals surface area (Å²) in [5.74, 6) is 0. The van der Waals surface area contributed by atoms with Crippen molar-refractivity contribution in [3.05, 3.63) is 42.0 Å². The molecule has 21 heavy (non-hydrogen) atoms. The van der Waals surface area contributed by atoms with Crippen molar-refractivity contribution in [3.63, 3.8) is 0 Å². The maximum atomic E-state index is 12.5. The molecule has 0 bridgehead atoms. The average molecular weight is 287 g/mol. The van der Waals surface area contributed by atoms with Crippen LogP contribution < -0.4 is 0 Å². The molecule has 1 aliphatic rings. The third-order valence-corrected chi connectivity index (χ3v) is 3.67. The molecule has 0 radical (unpaired) electrons. The van der Waals surface area contributed by atoms with E-state index < -0.39 is 5.60 Å². The van der Waals surface area contributed by atoms with Crippen molar-refractivity contribution >= 4 is 11.7 Å². The van der Waals surface area contributed by atoms with E-state index in [1.54, 1.807) is 0 Å². The Balaban J connectivity index is 2.22. The molecule has 0 saturated heterocycles. The van der Waals surface area contributed by atoms with Crippen molar-refractivity contribution in [2.24, 2.45) is 0 Å². The van der Waals surface area contributed by atoms with Crippen LogP contribution in [0.5, 0.6) is 0 Å². The number of nitrogens with zero attached hydrogens (tertiary/aromatic N) is 1. The lowest BCUT2D eigenvalue weighted by molar-refractivity contribution is 0.00639. The zero-order valence-corrected chi connectivity index (χ0v) is 13.6. The van der Waals surface area contributed by atoms with Crippen molar-refractivity contribution in [2.45, 2.75) is 52.2 Å². The van der Waals surface area contributed by atoms with Gasteiger partial charge in [-0.2, -0.15) is 0 Å². The van der Waals surface area contributed by atoms with Gasteiger partial charge in [-0.05, 0) is 52.2 Å². The number of ether oxygens (including phenoxy) is 1. The summed E-state index contributed by atoms with van der Waals surface area (Å²) in [6.45, 7) is 10.4. The molecule has 0 fully saturated rings. The van der Waals surface area contributed by atoms with Gasteiger partial charge in [0.05, 0.1) is 0 Å². The van der Waals surface area contributed by atoms with E-state index in [0.717, 1.165) is 6.42 Å². The third-order valence-electron chi connectivity index (χ3n) is 3.67. The van der Waals surface area contributed by atoms with E-state index in [4.69, 9.17) is 4.74 Å². The van der Waals surface area contributed by atoms with Crippen LogP contribution in [0.15, 0.2) is 36.4 Å². The molecule has 0 saturated carbocycles. The van der Waals surface area contributed by atoms with Crippen LogP contribution in [0.4, 0.5) is 4.79 Å². The van der Waals surface area contributed by atoms with E-state index in [0.29, 0.717) is 6.54 Å². The van der Waals surface area contributed by atoms with Crippen LogP contribution in [0.3, 0.4) is 0 Å². The van der Waals surface area contributed by atoms with Crippen LogP contribution >= 0.6 is 0 Å². The summed E-state index contributed by atoms with van der Waals surface area (Å²) in [6.07, 6.45) is 2.82. The van der Waals surface area contributed by atoms with E-state index in [1.165, 1.54) is 11.1 Å². The van der Waals surface area contributed by atoms with Crippen molar-refractivity contribution in [1.29, 1.82) is 0 Å². The zero-order valence-electron chi connectivity index (χ0n) is 13.6. The molecule has 1 aliphatic heterocycles. The van der Waals surface area contributed by atoms with Gasteiger partial charge in [0.15, 0.2) is 0 Å². The Morgan fingerprint density at radius 3 is 2.38 bits per heavy atom. The van der Waals surface area contributed by atoms with Crippen LogP contribution in [-0.2, 0) is 4.74 Å².